The molecule has 1 atom stereocenters. The predicted octanol–water partition coefficient (Wildman–Crippen LogP) is 3.87. The van der Waals surface area contributed by atoms with Crippen molar-refractivity contribution in [1.29, 1.82) is 0 Å². The van der Waals surface area contributed by atoms with Gasteiger partial charge in [-0.15, -0.1) is 0 Å². The first-order valence-electron chi connectivity index (χ1n) is 8.19. The highest BCUT2D eigenvalue weighted by Crippen LogP contribution is 2.18. The Morgan fingerprint density at radius 1 is 1.15 bits per heavy atom. The van der Waals surface area contributed by atoms with E-state index in [4.69, 9.17) is 16.3 Å². The lowest BCUT2D eigenvalue weighted by atomic mass is 10.2. The summed E-state index contributed by atoms with van der Waals surface area (Å²) in [7, 11) is 0. The van der Waals surface area contributed by atoms with Crippen LogP contribution in [-0.2, 0) is 14.3 Å². The van der Waals surface area contributed by atoms with Gasteiger partial charge in [0.05, 0.1) is 16.9 Å². The summed E-state index contributed by atoms with van der Waals surface area (Å²) in [6, 6.07) is 14.6. The van der Waals surface area contributed by atoms with Crippen molar-refractivity contribution < 1.29 is 14.3 Å². The average Bonchev–Trinajstić information content (AvgIpc) is 2.68. The van der Waals surface area contributed by atoms with Crippen molar-refractivity contribution >= 4 is 46.1 Å². The van der Waals surface area contributed by atoms with E-state index in [1.807, 2.05) is 30.3 Å². The lowest BCUT2D eigenvalue weighted by molar-refractivity contribution is -0.148. The van der Waals surface area contributed by atoms with Crippen molar-refractivity contribution in [1.82, 2.24) is 9.97 Å². The van der Waals surface area contributed by atoms with Gasteiger partial charge in [0.1, 0.15) is 0 Å². The van der Waals surface area contributed by atoms with Crippen LogP contribution in [-0.4, -0.2) is 27.9 Å². The van der Waals surface area contributed by atoms with E-state index >= 15 is 0 Å². The average molecular weight is 382 g/mol. The van der Waals surface area contributed by atoms with Crippen LogP contribution in [0.4, 0.5) is 5.69 Å². The molecule has 0 radical (unpaired) electrons. The van der Waals surface area contributed by atoms with Crippen molar-refractivity contribution in [2.24, 2.45) is 0 Å². The molecule has 2 heterocycles. The number of halogens is 1. The number of benzene rings is 1. The van der Waals surface area contributed by atoms with Gasteiger partial charge < -0.3 is 10.1 Å². The summed E-state index contributed by atoms with van der Waals surface area (Å²) >= 11 is 5.89. The SMILES string of the molecule is CC(OC(=O)/C=C/c1ccc2ccccc2n1)C(=O)Nc1cccnc1Cl. The second-order valence-corrected chi connectivity index (χ2v) is 6.03. The van der Waals surface area contributed by atoms with E-state index in [0.717, 1.165) is 10.9 Å². The fourth-order valence-corrected chi connectivity index (χ4v) is 2.48. The Hall–Kier alpha value is -3.25. The molecule has 1 unspecified atom stereocenters. The summed E-state index contributed by atoms with van der Waals surface area (Å²) in [6.07, 6.45) is 3.28. The van der Waals surface area contributed by atoms with Crippen molar-refractivity contribution in [3.63, 3.8) is 0 Å². The first-order chi connectivity index (χ1) is 13.0. The molecule has 0 aliphatic carbocycles. The third-order valence-corrected chi connectivity index (χ3v) is 3.99. The minimum atomic E-state index is -0.997. The number of nitrogens with one attached hydrogen (secondary N) is 1. The van der Waals surface area contributed by atoms with Crippen LogP contribution in [0.2, 0.25) is 5.15 Å². The van der Waals surface area contributed by atoms with Crippen LogP contribution in [0, 0.1) is 0 Å². The van der Waals surface area contributed by atoms with Crippen LogP contribution in [0.3, 0.4) is 0 Å². The van der Waals surface area contributed by atoms with Gasteiger partial charge in [0, 0.05) is 17.7 Å². The number of fused-ring (bicyclic) bond motifs is 1. The van der Waals surface area contributed by atoms with Crippen LogP contribution in [0.1, 0.15) is 12.6 Å². The number of ether oxygens (including phenoxy) is 1. The zero-order valence-corrected chi connectivity index (χ0v) is 15.2. The molecule has 0 saturated heterocycles. The van der Waals surface area contributed by atoms with E-state index in [0.29, 0.717) is 11.4 Å². The number of anilines is 1. The van der Waals surface area contributed by atoms with Gasteiger partial charge in [-0.3, -0.25) is 4.79 Å². The van der Waals surface area contributed by atoms with Crippen molar-refractivity contribution in [2.75, 3.05) is 5.32 Å². The minimum absolute atomic E-state index is 0.159. The Morgan fingerprint density at radius 2 is 1.96 bits per heavy atom. The molecule has 27 heavy (non-hydrogen) atoms. The van der Waals surface area contributed by atoms with Crippen LogP contribution in [0.15, 0.2) is 60.8 Å². The molecule has 1 amide bonds. The number of rotatable bonds is 5. The second kappa shape index (κ2) is 8.42. The van der Waals surface area contributed by atoms with Crippen LogP contribution in [0.5, 0.6) is 0 Å². The quantitative estimate of drug-likeness (QED) is 0.412. The topological polar surface area (TPSA) is 81.2 Å². The second-order valence-electron chi connectivity index (χ2n) is 5.67. The number of carbonyl (C=O) groups is 2. The van der Waals surface area contributed by atoms with E-state index in [2.05, 4.69) is 15.3 Å². The number of para-hydroxylation sites is 1. The smallest absolute Gasteiger partial charge is 0.331 e. The Labute approximate surface area is 160 Å². The van der Waals surface area contributed by atoms with Gasteiger partial charge >= 0.3 is 5.97 Å². The number of hydrogen-bond acceptors (Lipinski definition) is 5. The number of aromatic nitrogens is 2. The molecular formula is C20H16ClN3O3. The van der Waals surface area contributed by atoms with E-state index in [1.165, 1.54) is 25.3 Å². The first-order valence-corrected chi connectivity index (χ1v) is 8.56. The number of esters is 1. The predicted molar refractivity (Wildman–Crippen MR) is 104 cm³/mol. The maximum absolute atomic E-state index is 12.1. The van der Waals surface area contributed by atoms with E-state index in [-0.39, 0.29) is 5.15 Å². The molecule has 136 valence electrons. The number of amides is 1. The highest BCUT2D eigenvalue weighted by atomic mass is 35.5. The zero-order chi connectivity index (χ0) is 19.2. The molecule has 6 nitrogen and oxygen atoms in total. The first kappa shape index (κ1) is 18.5. The fraction of sp³-hybridized carbons (Fsp3) is 0.100. The van der Waals surface area contributed by atoms with Gasteiger partial charge in [0.25, 0.3) is 5.91 Å². The molecule has 2 aromatic heterocycles. The molecule has 1 aromatic carbocycles. The van der Waals surface area contributed by atoms with Crippen LogP contribution in [0.25, 0.3) is 17.0 Å². The molecule has 0 aliphatic rings. The maximum Gasteiger partial charge on any atom is 0.331 e. The fourth-order valence-electron chi connectivity index (χ4n) is 2.31. The van der Waals surface area contributed by atoms with Crippen LogP contribution < -0.4 is 5.32 Å². The molecular weight excluding hydrogens is 366 g/mol. The molecule has 7 heteroatoms. The largest absolute Gasteiger partial charge is 0.449 e. The summed E-state index contributed by atoms with van der Waals surface area (Å²) in [5, 5.41) is 3.73. The Balaban J connectivity index is 1.59. The Morgan fingerprint density at radius 3 is 2.78 bits per heavy atom. The molecule has 3 aromatic rings. The summed E-state index contributed by atoms with van der Waals surface area (Å²) < 4.78 is 5.10. The number of pyridine rings is 2. The number of carbonyl (C=O) groups excluding carboxylic acids is 2. The van der Waals surface area contributed by atoms with E-state index in [9.17, 15) is 9.59 Å². The van der Waals surface area contributed by atoms with Gasteiger partial charge in [0.2, 0.25) is 0 Å². The zero-order valence-electron chi connectivity index (χ0n) is 14.4. The molecule has 0 fully saturated rings. The monoisotopic (exact) mass is 381 g/mol. The van der Waals surface area contributed by atoms with Gasteiger partial charge in [0.15, 0.2) is 11.3 Å². The highest BCUT2D eigenvalue weighted by Gasteiger charge is 2.17. The van der Waals surface area contributed by atoms with E-state index in [1.54, 1.807) is 18.2 Å². The molecule has 3 rings (SSSR count). The number of nitrogens with zero attached hydrogens (tertiary/aromatic N) is 2. The Bertz CT molecular complexity index is 1020. The summed E-state index contributed by atoms with van der Waals surface area (Å²) in [5.41, 5.74) is 1.79. The summed E-state index contributed by atoms with van der Waals surface area (Å²) in [4.78, 5) is 32.4. The molecule has 0 saturated carbocycles. The maximum atomic E-state index is 12.1. The third kappa shape index (κ3) is 4.89. The third-order valence-electron chi connectivity index (χ3n) is 3.69. The van der Waals surface area contributed by atoms with Crippen LogP contribution >= 0.6 is 11.6 Å². The van der Waals surface area contributed by atoms with Crippen molar-refractivity contribution in [3.05, 3.63) is 71.7 Å². The molecule has 1 N–H and O–H groups in total. The highest BCUT2D eigenvalue weighted by molar-refractivity contribution is 6.32. The Kier molecular flexibility index (Phi) is 5.78. The lowest BCUT2D eigenvalue weighted by Crippen LogP contribution is -2.29. The molecule has 0 aliphatic heterocycles. The number of hydrogen-bond donors (Lipinski definition) is 1. The summed E-state index contributed by atoms with van der Waals surface area (Å²) in [5.74, 6) is -1.15. The van der Waals surface area contributed by atoms with Gasteiger partial charge in [-0.05, 0) is 37.3 Å². The summed E-state index contributed by atoms with van der Waals surface area (Å²) in [6.45, 7) is 1.47. The van der Waals surface area contributed by atoms with Gasteiger partial charge in [-0.25, -0.2) is 14.8 Å². The molecule has 0 spiro atoms. The van der Waals surface area contributed by atoms with Crippen molar-refractivity contribution in [2.45, 2.75) is 13.0 Å². The lowest BCUT2D eigenvalue weighted by Gasteiger charge is -2.12. The van der Waals surface area contributed by atoms with Crippen molar-refractivity contribution in [3.8, 4) is 0 Å². The molecule has 0 bridgehead atoms. The minimum Gasteiger partial charge on any atom is -0.449 e. The normalized spacial score (nSPS) is 12.1. The standard InChI is InChI=1S/C20H16ClN3O3/c1-13(20(26)24-17-7-4-12-22-19(17)21)27-18(25)11-10-15-9-8-14-5-2-3-6-16(14)23-15/h2-13H,1H3,(H,24,26)/b11-10+. The van der Waals surface area contributed by atoms with E-state index < -0.39 is 18.0 Å². The van der Waals surface area contributed by atoms with Gasteiger partial charge in [-0.2, -0.15) is 0 Å². The van der Waals surface area contributed by atoms with Gasteiger partial charge in [-0.1, -0.05) is 35.9 Å².